The van der Waals surface area contributed by atoms with Gasteiger partial charge < -0.3 is 15.0 Å². The van der Waals surface area contributed by atoms with Crippen molar-refractivity contribution >= 4 is 35.4 Å². The van der Waals surface area contributed by atoms with Crippen LogP contribution in [0.1, 0.15) is 29.6 Å². The zero-order valence-electron chi connectivity index (χ0n) is 15.9. The van der Waals surface area contributed by atoms with E-state index in [9.17, 15) is 19.2 Å². The second-order valence-electron chi connectivity index (χ2n) is 6.37. The molecule has 152 valence electrons. The molecule has 0 saturated carbocycles. The molecule has 10 heteroatoms. The van der Waals surface area contributed by atoms with Gasteiger partial charge in [0, 0.05) is 20.0 Å². The monoisotopic (exact) mass is 416 g/mol. The van der Waals surface area contributed by atoms with Crippen LogP contribution in [-0.2, 0) is 14.3 Å². The van der Waals surface area contributed by atoms with Crippen molar-refractivity contribution in [2.75, 3.05) is 18.5 Å². The summed E-state index contributed by atoms with van der Waals surface area (Å²) in [4.78, 5) is 53.0. The molecule has 0 unspecified atom stereocenters. The SMILES string of the molecule is CC(=O)Nc1ccn([C@H]2CN(C(C)=O)[C@@H](COC(=O)c3ccccc3)S2)c(=O)n1. The first-order valence-electron chi connectivity index (χ1n) is 8.87. The zero-order valence-corrected chi connectivity index (χ0v) is 16.7. The molecule has 0 aliphatic carbocycles. The molecule has 0 spiro atoms. The van der Waals surface area contributed by atoms with E-state index in [2.05, 4.69) is 10.3 Å². The Labute approximate surface area is 171 Å². The lowest BCUT2D eigenvalue weighted by Crippen LogP contribution is -2.37. The van der Waals surface area contributed by atoms with Gasteiger partial charge in [-0.1, -0.05) is 18.2 Å². The molecule has 1 aromatic carbocycles. The Hall–Kier alpha value is -3.14. The third kappa shape index (κ3) is 5.02. The van der Waals surface area contributed by atoms with E-state index in [1.807, 2.05) is 0 Å². The lowest BCUT2D eigenvalue weighted by molar-refractivity contribution is -0.129. The number of aromatic nitrogens is 2. The second kappa shape index (κ2) is 8.91. The van der Waals surface area contributed by atoms with Gasteiger partial charge in [0.05, 0.1) is 12.1 Å². The third-order valence-electron chi connectivity index (χ3n) is 4.23. The molecule has 0 bridgehead atoms. The molecule has 9 nitrogen and oxygen atoms in total. The van der Waals surface area contributed by atoms with Gasteiger partial charge in [-0.15, -0.1) is 11.8 Å². The van der Waals surface area contributed by atoms with Gasteiger partial charge in [0.15, 0.2) is 0 Å². The summed E-state index contributed by atoms with van der Waals surface area (Å²) < 4.78 is 6.76. The number of benzene rings is 1. The molecule has 2 heterocycles. The van der Waals surface area contributed by atoms with Gasteiger partial charge in [0.2, 0.25) is 11.8 Å². The Balaban J connectivity index is 1.70. The molecule has 0 radical (unpaired) electrons. The number of rotatable bonds is 5. The van der Waals surface area contributed by atoms with Gasteiger partial charge >= 0.3 is 11.7 Å². The Morgan fingerprint density at radius 1 is 1.21 bits per heavy atom. The van der Waals surface area contributed by atoms with Crippen molar-refractivity contribution in [1.29, 1.82) is 0 Å². The average Bonchev–Trinajstić information content (AvgIpc) is 3.10. The van der Waals surface area contributed by atoms with Crippen molar-refractivity contribution in [3.05, 3.63) is 58.6 Å². The molecule has 2 amide bonds. The van der Waals surface area contributed by atoms with Crippen molar-refractivity contribution in [2.24, 2.45) is 0 Å². The lowest BCUT2D eigenvalue weighted by Gasteiger charge is -2.21. The molecule has 29 heavy (non-hydrogen) atoms. The number of nitrogens with zero attached hydrogens (tertiary/aromatic N) is 3. The summed E-state index contributed by atoms with van der Waals surface area (Å²) in [6.45, 7) is 3.03. The lowest BCUT2D eigenvalue weighted by atomic mass is 10.2. The van der Waals surface area contributed by atoms with Crippen molar-refractivity contribution < 1.29 is 19.1 Å². The molecule has 1 aliphatic rings. The fraction of sp³-hybridized carbons (Fsp3) is 0.316. The fourth-order valence-corrected chi connectivity index (χ4v) is 4.31. The van der Waals surface area contributed by atoms with E-state index < -0.39 is 17.0 Å². The summed E-state index contributed by atoms with van der Waals surface area (Å²) in [5.74, 6) is -0.820. The van der Waals surface area contributed by atoms with Crippen LogP contribution < -0.4 is 11.0 Å². The van der Waals surface area contributed by atoms with Gasteiger partial charge in [0.25, 0.3) is 0 Å². The number of anilines is 1. The Kier molecular flexibility index (Phi) is 6.32. The summed E-state index contributed by atoms with van der Waals surface area (Å²) in [5.41, 5.74) is -0.116. The predicted molar refractivity (Wildman–Crippen MR) is 107 cm³/mol. The highest BCUT2D eigenvalue weighted by Gasteiger charge is 2.36. The Bertz CT molecular complexity index is 978. The molecule has 2 aromatic rings. The predicted octanol–water partition coefficient (Wildman–Crippen LogP) is 1.48. The minimum absolute atomic E-state index is 0.000624. The average molecular weight is 416 g/mol. The van der Waals surface area contributed by atoms with E-state index in [0.29, 0.717) is 5.56 Å². The fourth-order valence-electron chi connectivity index (χ4n) is 2.88. The minimum Gasteiger partial charge on any atom is -0.459 e. The molecule has 3 rings (SSSR count). The first kappa shape index (κ1) is 20.6. The van der Waals surface area contributed by atoms with Crippen molar-refractivity contribution in [1.82, 2.24) is 14.5 Å². The van der Waals surface area contributed by atoms with Gasteiger partial charge in [-0.05, 0) is 18.2 Å². The molecule has 1 aliphatic heterocycles. The number of esters is 1. The molecule has 2 atom stereocenters. The standard InChI is InChI=1S/C19H20N4O5S/c1-12(24)20-15-8-9-22(19(27)21-15)16-10-23(13(2)25)17(29-16)11-28-18(26)14-6-4-3-5-7-14/h3-9,16-17H,10-11H2,1-2H3,(H,20,21,24,27)/t16-,17-/m1/s1. The minimum atomic E-state index is -0.542. The number of amides is 2. The van der Waals surface area contributed by atoms with E-state index in [1.54, 1.807) is 35.2 Å². The number of nitrogens with one attached hydrogen (secondary N) is 1. The molecule has 1 N–H and O–H groups in total. The second-order valence-corrected chi connectivity index (χ2v) is 7.73. The van der Waals surface area contributed by atoms with Gasteiger partial charge in [0.1, 0.15) is 23.2 Å². The highest BCUT2D eigenvalue weighted by Crippen LogP contribution is 2.37. The van der Waals surface area contributed by atoms with Crippen LogP contribution >= 0.6 is 11.8 Å². The maximum atomic E-state index is 12.3. The van der Waals surface area contributed by atoms with Crippen LogP contribution in [0, 0.1) is 0 Å². The number of hydrogen-bond acceptors (Lipinski definition) is 7. The third-order valence-corrected chi connectivity index (χ3v) is 5.63. The molecule has 1 saturated heterocycles. The topological polar surface area (TPSA) is 111 Å². The summed E-state index contributed by atoms with van der Waals surface area (Å²) in [7, 11) is 0. The Morgan fingerprint density at radius 3 is 2.55 bits per heavy atom. The number of ether oxygens (including phenoxy) is 1. The maximum Gasteiger partial charge on any atom is 0.350 e. The molecular weight excluding hydrogens is 396 g/mol. The molecular formula is C19H20N4O5S. The first-order valence-corrected chi connectivity index (χ1v) is 9.81. The van der Waals surface area contributed by atoms with E-state index in [1.165, 1.54) is 42.4 Å². The number of carbonyl (C=O) groups is 3. The van der Waals surface area contributed by atoms with Crippen molar-refractivity contribution in [3.8, 4) is 0 Å². The zero-order chi connectivity index (χ0) is 21.0. The molecule has 1 fully saturated rings. The van der Waals surface area contributed by atoms with Crippen molar-refractivity contribution in [2.45, 2.75) is 24.6 Å². The van der Waals surface area contributed by atoms with Crippen LogP contribution in [0.4, 0.5) is 5.82 Å². The first-order chi connectivity index (χ1) is 13.8. The van der Waals surface area contributed by atoms with Crippen LogP contribution in [-0.4, -0.2) is 50.8 Å². The Morgan fingerprint density at radius 2 is 1.93 bits per heavy atom. The van der Waals surface area contributed by atoms with Crippen molar-refractivity contribution in [3.63, 3.8) is 0 Å². The quantitative estimate of drug-likeness (QED) is 0.735. The normalized spacial score (nSPS) is 18.3. The highest BCUT2D eigenvalue weighted by atomic mass is 32.2. The summed E-state index contributed by atoms with van der Waals surface area (Å²) in [6.07, 6.45) is 1.52. The van der Waals surface area contributed by atoms with Crippen LogP contribution in [0.15, 0.2) is 47.4 Å². The van der Waals surface area contributed by atoms with Crippen LogP contribution in [0.3, 0.4) is 0 Å². The van der Waals surface area contributed by atoms with Crippen LogP contribution in [0.25, 0.3) is 0 Å². The summed E-state index contributed by atoms with van der Waals surface area (Å²) in [6, 6.07) is 10.1. The van der Waals surface area contributed by atoms with Gasteiger partial charge in [-0.2, -0.15) is 4.98 Å². The van der Waals surface area contributed by atoms with Gasteiger partial charge in [-0.3, -0.25) is 14.2 Å². The molecule has 1 aromatic heterocycles. The number of hydrogen-bond donors (Lipinski definition) is 1. The smallest absolute Gasteiger partial charge is 0.350 e. The van der Waals surface area contributed by atoms with E-state index in [0.717, 1.165) is 0 Å². The van der Waals surface area contributed by atoms with E-state index in [-0.39, 0.29) is 36.2 Å². The summed E-state index contributed by atoms with van der Waals surface area (Å²) in [5, 5.41) is 1.65. The maximum absolute atomic E-state index is 12.3. The van der Waals surface area contributed by atoms with Gasteiger partial charge in [-0.25, -0.2) is 9.59 Å². The number of thioether (sulfide) groups is 1. The van der Waals surface area contributed by atoms with E-state index in [4.69, 9.17) is 4.74 Å². The highest BCUT2D eigenvalue weighted by molar-refractivity contribution is 8.00. The van der Waals surface area contributed by atoms with Crippen LogP contribution in [0.2, 0.25) is 0 Å². The largest absolute Gasteiger partial charge is 0.459 e. The summed E-state index contributed by atoms with van der Waals surface area (Å²) >= 11 is 1.33. The van der Waals surface area contributed by atoms with E-state index >= 15 is 0 Å². The number of carbonyl (C=O) groups excluding carboxylic acids is 3. The van der Waals surface area contributed by atoms with Crippen LogP contribution in [0.5, 0.6) is 0 Å².